The number of hydrogen-bond donors (Lipinski definition) is 2. The molecule has 0 radical (unpaired) electrons. The molecule has 2 aliphatic rings. The van der Waals surface area contributed by atoms with Gasteiger partial charge in [0.05, 0.1) is 5.92 Å². The lowest BCUT2D eigenvalue weighted by Gasteiger charge is -2.34. The van der Waals surface area contributed by atoms with Gasteiger partial charge in [-0.15, -0.1) is 0 Å². The zero-order valence-electron chi connectivity index (χ0n) is 9.75. The molecule has 1 aliphatic carbocycles. The minimum absolute atomic E-state index is 0.236. The third kappa shape index (κ3) is 2.51. The Hall–Kier alpha value is -0.570. The molecule has 2 fully saturated rings. The molecule has 3 atom stereocenters. The second-order valence-electron chi connectivity index (χ2n) is 5.33. The first-order chi connectivity index (χ1) is 7.16. The van der Waals surface area contributed by atoms with E-state index in [9.17, 15) is 4.79 Å². The third-order valence-electron chi connectivity index (χ3n) is 4.10. The van der Waals surface area contributed by atoms with Crippen molar-refractivity contribution >= 4 is 5.91 Å². The fraction of sp³-hybridized carbons (Fsp3) is 0.917. The van der Waals surface area contributed by atoms with E-state index in [1.807, 2.05) is 0 Å². The van der Waals surface area contributed by atoms with E-state index < -0.39 is 0 Å². The van der Waals surface area contributed by atoms with Crippen molar-refractivity contribution in [3.63, 3.8) is 0 Å². The van der Waals surface area contributed by atoms with Gasteiger partial charge in [-0.1, -0.05) is 13.8 Å². The van der Waals surface area contributed by atoms with Crippen molar-refractivity contribution in [2.24, 2.45) is 17.8 Å². The van der Waals surface area contributed by atoms with Gasteiger partial charge in [0.25, 0.3) is 0 Å². The summed E-state index contributed by atoms with van der Waals surface area (Å²) >= 11 is 0. The minimum Gasteiger partial charge on any atom is -0.353 e. The summed E-state index contributed by atoms with van der Waals surface area (Å²) in [6.07, 6.45) is 3.58. The summed E-state index contributed by atoms with van der Waals surface area (Å²) in [4.78, 5) is 11.7. The maximum Gasteiger partial charge on any atom is 0.225 e. The smallest absolute Gasteiger partial charge is 0.225 e. The van der Waals surface area contributed by atoms with E-state index in [4.69, 9.17) is 0 Å². The Kier molecular flexibility index (Phi) is 3.29. The fourth-order valence-corrected chi connectivity index (χ4v) is 2.47. The lowest BCUT2D eigenvalue weighted by molar-refractivity contribution is -0.127. The van der Waals surface area contributed by atoms with Crippen LogP contribution in [0.2, 0.25) is 0 Å². The second kappa shape index (κ2) is 4.52. The van der Waals surface area contributed by atoms with Crippen LogP contribution in [0.25, 0.3) is 0 Å². The molecule has 1 saturated carbocycles. The van der Waals surface area contributed by atoms with Gasteiger partial charge in [0, 0.05) is 19.1 Å². The zero-order valence-corrected chi connectivity index (χ0v) is 9.75. The molecule has 0 aromatic heterocycles. The maximum atomic E-state index is 11.7. The van der Waals surface area contributed by atoms with Crippen molar-refractivity contribution in [3.05, 3.63) is 0 Å². The van der Waals surface area contributed by atoms with Crippen molar-refractivity contribution in [3.8, 4) is 0 Å². The largest absolute Gasteiger partial charge is 0.353 e. The second-order valence-corrected chi connectivity index (χ2v) is 5.33. The Morgan fingerprint density at radius 2 is 1.93 bits per heavy atom. The van der Waals surface area contributed by atoms with Crippen molar-refractivity contribution < 1.29 is 4.79 Å². The van der Waals surface area contributed by atoms with Crippen molar-refractivity contribution in [1.82, 2.24) is 10.6 Å². The molecular formula is C12H22N2O. The number of amides is 1. The molecule has 0 spiro atoms. The Morgan fingerprint density at radius 3 is 2.47 bits per heavy atom. The van der Waals surface area contributed by atoms with Crippen LogP contribution in [0.5, 0.6) is 0 Å². The topological polar surface area (TPSA) is 41.1 Å². The van der Waals surface area contributed by atoms with Crippen LogP contribution in [0.4, 0.5) is 0 Å². The average Bonchev–Trinajstić information content (AvgIpc) is 2.08. The highest BCUT2D eigenvalue weighted by molar-refractivity contribution is 5.80. The molecule has 1 amide bonds. The summed E-state index contributed by atoms with van der Waals surface area (Å²) < 4.78 is 0. The van der Waals surface area contributed by atoms with E-state index in [1.54, 1.807) is 0 Å². The Labute approximate surface area is 92.0 Å². The van der Waals surface area contributed by atoms with Crippen LogP contribution in [0.3, 0.4) is 0 Å². The van der Waals surface area contributed by atoms with E-state index >= 15 is 0 Å². The molecule has 0 bridgehead atoms. The quantitative estimate of drug-likeness (QED) is 0.718. The molecule has 0 aromatic rings. The van der Waals surface area contributed by atoms with Crippen LogP contribution in [-0.4, -0.2) is 25.0 Å². The zero-order chi connectivity index (χ0) is 10.8. The molecule has 15 heavy (non-hydrogen) atoms. The van der Waals surface area contributed by atoms with E-state index in [2.05, 4.69) is 24.5 Å². The predicted octanol–water partition coefficient (Wildman–Crippen LogP) is 1.15. The first-order valence-corrected chi connectivity index (χ1v) is 6.18. The van der Waals surface area contributed by atoms with Gasteiger partial charge >= 0.3 is 0 Å². The molecule has 1 heterocycles. The first-order valence-electron chi connectivity index (χ1n) is 6.18. The Bertz CT molecular complexity index is 238. The van der Waals surface area contributed by atoms with Crippen LogP contribution < -0.4 is 10.6 Å². The molecule has 86 valence electrons. The van der Waals surface area contributed by atoms with Crippen molar-refractivity contribution in [2.45, 2.75) is 39.2 Å². The highest BCUT2D eigenvalue weighted by atomic mass is 16.2. The summed E-state index contributed by atoms with van der Waals surface area (Å²) in [5.41, 5.74) is 0. The monoisotopic (exact) mass is 210 g/mol. The molecular weight excluding hydrogens is 188 g/mol. The molecule has 3 heteroatoms. The van der Waals surface area contributed by atoms with E-state index in [0.29, 0.717) is 6.04 Å². The number of rotatable bonds is 2. The maximum absolute atomic E-state index is 11.7. The molecule has 3 nitrogen and oxygen atoms in total. The summed E-state index contributed by atoms with van der Waals surface area (Å²) in [6, 6.07) is 0.435. The van der Waals surface area contributed by atoms with Gasteiger partial charge in [-0.2, -0.15) is 0 Å². The molecule has 0 aromatic carbocycles. The van der Waals surface area contributed by atoms with Crippen molar-refractivity contribution in [1.29, 1.82) is 0 Å². The molecule has 3 unspecified atom stereocenters. The number of carbonyl (C=O) groups excluding carboxylic acids is 1. The SMILES string of the molecule is CC1CCC(NC(=O)C2CNC2)CC1C. The van der Waals surface area contributed by atoms with Crippen LogP contribution in [0.15, 0.2) is 0 Å². The normalized spacial score (nSPS) is 37.1. The fourth-order valence-electron chi connectivity index (χ4n) is 2.47. The number of carbonyl (C=O) groups is 1. The third-order valence-corrected chi connectivity index (χ3v) is 4.10. The minimum atomic E-state index is 0.236. The molecule has 2 N–H and O–H groups in total. The predicted molar refractivity (Wildman–Crippen MR) is 60.5 cm³/mol. The van der Waals surface area contributed by atoms with Gasteiger partial charge in [-0.25, -0.2) is 0 Å². The van der Waals surface area contributed by atoms with Crippen LogP contribution >= 0.6 is 0 Å². The Morgan fingerprint density at radius 1 is 1.20 bits per heavy atom. The summed E-state index contributed by atoms with van der Waals surface area (Å²) in [5, 5.41) is 6.33. The summed E-state index contributed by atoms with van der Waals surface area (Å²) in [7, 11) is 0. The van der Waals surface area contributed by atoms with Gasteiger partial charge in [0.15, 0.2) is 0 Å². The van der Waals surface area contributed by atoms with Crippen LogP contribution in [0.1, 0.15) is 33.1 Å². The highest BCUT2D eigenvalue weighted by Crippen LogP contribution is 2.29. The number of nitrogens with one attached hydrogen (secondary N) is 2. The van der Waals surface area contributed by atoms with Gasteiger partial charge in [-0.05, 0) is 31.1 Å². The first kappa shape index (κ1) is 10.9. The highest BCUT2D eigenvalue weighted by Gasteiger charge is 2.29. The Balaban J connectivity index is 1.77. The standard InChI is InChI=1S/C12H22N2O/c1-8-3-4-11(5-9(8)2)14-12(15)10-6-13-7-10/h8-11,13H,3-7H2,1-2H3,(H,14,15). The number of hydrogen-bond acceptors (Lipinski definition) is 2. The van der Waals surface area contributed by atoms with Gasteiger partial charge < -0.3 is 10.6 Å². The van der Waals surface area contributed by atoms with Gasteiger partial charge in [0.1, 0.15) is 0 Å². The average molecular weight is 210 g/mol. The van der Waals surface area contributed by atoms with Gasteiger partial charge in [0.2, 0.25) is 5.91 Å². The van der Waals surface area contributed by atoms with E-state index in [0.717, 1.165) is 37.8 Å². The van der Waals surface area contributed by atoms with E-state index in [-0.39, 0.29) is 11.8 Å². The molecule has 2 rings (SSSR count). The summed E-state index contributed by atoms with van der Waals surface area (Å²) in [5.74, 6) is 2.08. The lowest BCUT2D eigenvalue weighted by atomic mass is 9.79. The van der Waals surface area contributed by atoms with E-state index in [1.165, 1.54) is 6.42 Å². The van der Waals surface area contributed by atoms with Crippen LogP contribution in [-0.2, 0) is 4.79 Å². The molecule has 1 aliphatic heterocycles. The summed E-state index contributed by atoms with van der Waals surface area (Å²) in [6.45, 7) is 6.35. The molecule has 1 saturated heterocycles. The van der Waals surface area contributed by atoms with Crippen LogP contribution in [0, 0.1) is 17.8 Å². The van der Waals surface area contributed by atoms with Crippen molar-refractivity contribution in [2.75, 3.05) is 13.1 Å². The van der Waals surface area contributed by atoms with Gasteiger partial charge in [-0.3, -0.25) is 4.79 Å². The lowest BCUT2D eigenvalue weighted by Crippen LogP contribution is -2.53.